The molecule has 0 radical (unpaired) electrons. The average Bonchev–Trinajstić information content (AvgIpc) is 2.52. The van der Waals surface area contributed by atoms with Crippen LogP contribution in [0, 0.1) is 13.8 Å². The van der Waals surface area contributed by atoms with Gasteiger partial charge in [0.2, 0.25) is 11.7 Å². The summed E-state index contributed by atoms with van der Waals surface area (Å²) in [5.74, 6) is -0.452. The summed E-state index contributed by atoms with van der Waals surface area (Å²) in [6, 6.07) is 3.14. The normalized spacial score (nSPS) is 10.7. The van der Waals surface area contributed by atoms with Crippen molar-refractivity contribution in [2.75, 3.05) is 0 Å². The van der Waals surface area contributed by atoms with Crippen LogP contribution >= 0.6 is 11.6 Å². The summed E-state index contributed by atoms with van der Waals surface area (Å²) in [6.07, 6.45) is 0. The molecule has 0 unspecified atom stereocenters. The number of ketones is 1. The first kappa shape index (κ1) is 12.6. The van der Waals surface area contributed by atoms with Crippen molar-refractivity contribution in [3.8, 4) is 5.88 Å². The summed E-state index contributed by atoms with van der Waals surface area (Å²) in [5.41, 5.74) is 1.61. The largest absolute Gasteiger partial charge is 0.493 e. The van der Waals surface area contributed by atoms with E-state index in [-0.39, 0.29) is 17.2 Å². The zero-order valence-corrected chi connectivity index (χ0v) is 11.0. The molecule has 0 fully saturated rings. The van der Waals surface area contributed by atoms with Crippen LogP contribution in [0.1, 0.15) is 27.3 Å². The SMILES string of the molecule is Cc1nc(Cl)ccc1C(=O)c1c(C)nn(C)c1O. The van der Waals surface area contributed by atoms with Gasteiger partial charge in [-0.1, -0.05) is 11.6 Å². The molecule has 18 heavy (non-hydrogen) atoms. The van der Waals surface area contributed by atoms with Gasteiger partial charge in [-0.15, -0.1) is 0 Å². The van der Waals surface area contributed by atoms with E-state index in [1.54, 1.807) is 33.0 Å². The molecule has 0 aliphatic rings. The van der Waals surface area contributed by atoms with Gasteiger partial charge in [0.1, 0.15) is 10.7 Å². The average molecular weight is 266 g/mol. The molecule has 94 valence electrons. The van der Waals surface area contributed by atoms with Crippen LogP contribution in [-0.2, 0) is 7.05 Å². The van der Waals surface area contributed by atoms with Crippen molar-refractivity contribution >= 4 is 17.4 Å². The van der Waals surface area contributed by atoms with E-state index in [2.05, 4.69) is 10.1 Å². The standard InChI is InChI=1S/C12H12ClN3O2/c1-6-8(4-5-9(13)14-6)11(17)10-7(2)15-16(3)12(10)18/h4-5,18H,1-3H3. The van der Waals surface area contributed by atoms with E-state index in [0.29, 0.717) is 22.1 Å². The molecule has 0 atom stereocenters. The highest BCUT2D eigenvalue weighted by molar-refractivity contribution is 6.29. The summed E-state index contributed by atoms with van der Waals surface area (Å²) in [5, 5.41) is 14.2. The second-order valence-corrected chi connectivity index (χ2v) is 4.39. The highest BCUT2D eigenvalue weighted by atomic mass is 35.5. The first-order valence-corrected chi connectivity index (χ1v) is 5.70. The van der Waals surface area contributed by atoms with Crippen LogP contribution in [0.4, 0.5) is 0 Å². The number of halogens is 1. The van der Waals surface area contributed by atoms with E-state index in [0.717, 1.165) is 0 Å². The fraction of sp³-hybridized carbons (Fsp3) is 0.250. The third-order valence-corrected chi connectivity index (χ3v) is 2.93. The Morgan fingerprint density at radius 2 is 2.00 bits per heavy atom. The molecule has 6 heteroatoms. The predicted molar refractivity (Wildman–Crippen MR) is 67.0 cm³/mol. The lowest BCUT2D eigenvalue weighted by atomic mass is 10.0. The summed E-state index contributed by atoms with van der Waals surface area (Å²) in [7, 11) is 1.58. The Labute approximate surface area is 109 Å². The summed E-state index contributed by atoms with van der Waals surface area (Å²) < 4.78 is 1.27. The van der Waals surface area contributed by atoms with Crippen molar-refractivity contribution in [2.45, 2.75) is 13.8 Å². The molecule has 1 N–H and O–H groups in total. The van der Waals surface area contributed by atoms with Gasteiger partial charge in [-0.3, -0.25) is 4.79 Å². The summed E-state index contributed by atoms with van der Waals surface area (Å²) >= 11 is 5.75. The maximum absolute atomic E-state index is 12.3. The first-order valence-electron chi connectivity index (χ1n) is 5.32. The van der Waals surface area contributed by atoms with Crippen LogP contribution in [0.5, 0.6) is 5.88 Å². The number of rotatable bonds is 2. The van der Waals surface area contributed by atoms with Gasteiger partial charge in [-0.05, 0) is 26.0 Å². The smallest absolute Gasteiger partial charge is 0.220 e. The van der Waals surface area contributed by atoms with Crippen molar-refractivity contribution < 1.29 is 9.90 Å². The van der Waals surface area contributed by atoms with Crippen molar-refractivity contribution in [1.29, 1.82) is 0 Å². The van der Waals surface area contributed by atoms with Gasteiger partial charge in [0.25, 0.3) is 0 Å². The quantitative estimate of drug-likeness (QED) is 0.666. The van der Waals surface area contributed by atoms with E-state index < -0.39 is 0 Å². The molecule has 0 aliphatic heterocycles. The van der Waals surface area contributed by atoms with Gasteiger partial charge in [-0.2, -0.15) is 5.10 Å². The Hall–Kier alpha value is -1.88. The van der Waals surface area contributed by atoms with E-state index >= 15 is 0 Å². The molecular weight excluding hydrogens is 254 g/mol. The molecule has 2 heterocycles. The minimum atomic E-state index is -0.306. The Kier molecular flexibility index (Phi) is 3.09. The number of hydrogen-bond donors (Lipinski definition) is 1. The van der Waals surface area contributed by atoms with Gasteiger partial charge in [0.05, 0.1) is 11.4 Å². The molecule has 2 aromatic heterocycles. The van der Waals surface area contributed by atoms with Crippen LogP contribution in [0.25, 0.3) is 0 Å². The van der Waals surface area contributed by atoms with Crippen molar-refractivity contribution in [3.63, 3.8) is 0 Å². The minimum absolute atomic E-state index is 0.146. The number of aryl methyl sites for hydroxylation is 3. The lowest BCUT2D eigenvalue weighted by Crippen LogP contribution is -2.06. The van der Waals surface area contributed by atoms with Crippen molar-refractivity contribution in [3.05, 3.63) is 39.8 Å². The number of pyridine rings is 1. The van der Waals surface area contributed by atoms with E-state index in [1.807, 2.05) is 0 Å². The van der Waals surface area contributed by atoms with Crippen LogP contribution in [-0.4, -0.2) is 25.7 Å². The highest BCUT2D eigenvalue weighted by Gasteiger charge is 2.22. The van der Waals surface area contributed by atoms with Crippen LogP contribution in [0.2, 0.25) is 5.15 Å². The molecule has 0 amide bonds. The van der Waals surface area contributed by atoms with Crippen LogP contribution in [0.3, 0.4) is 0 Å². The third kappa shape index (κ3) is 1.97. The van der Waals surface area contributed by atoms with Crippen LogP contribution < -0.4 is 0 Å². The number of carbonyl (C=O) groups excluding carboxylic acids is 1. The Morgan fingerprint density at radius 1 is 1.33 bits per heavy atom. The first-order chi connectivity index (χ1) is 8.41. The topological polar surface area (TPSA) is 68.0 Å². The van der Waals surface area contributed by atoms with Gasteiger partial charge in [0.15, 0.2) is 0 Å². The maximum Gasteiger partial charge on any atom is 0.220 e. The number of aromatic hydroxyl groups is 1. The van der Waals surface area contributed by atoms with Crippen LogP contribution in [0.15, 0.2) is 12.1 Å². The third-order valence-electron chi connectivity index (χ3n) is 2.72. The lowest BCUT2D eigenvalue weighted by Gasteiger charge is -2.04. The summed E-state index contributed by atoms with van der Waals surface area (Å²) in [4.78, 5) is 16.4. The Bertz CT molecular complexity index is 634. The molecule has 0 aliphatic carbocycles. The highest BCUT2D eigenvalue weighted by Crippen LogP contribution is 2.24. The lowest BCUT2D eigenvalue weighted by molar-refractivity contribution is 0.103. The maximum atomic E-state index is 12.3. The van der Waals surface area contributed by atoms with Gasteiger partial charge < -0.3 is 5.11 Å². The van der Waals surface area contributed by atoms with Crippen molar-refractivity contribution in [2.24, 2.45) is 7.05 Å². The van der Waals surface area contributed by atoms with Crippen molar-refractivity contribution in [1.82, 2.24) is 14.8 Å². The Balaban J connectivity index is 2.55. The number of aromatic nitrogens is 3. The minimum Gasteiger partial charge on any atom is -0.493 e. The predicted octanol–water partition coefficient (Wildman–Crippen LogP) is 2.02. The Morgan fingerprint density at radius 3 is 2.50 bits per heavy atom. The zero-order chi connectivity index (χ0) is 13.4. The number of hydrogen-bond acceptors (Lipinski definition) is 4. The summed E-state index contributed by atoms with van der Waals surface area (Å²) in [6.45, 7) is 3.37. The van der Waals surface area contributed by atoms with E-state index in [9.17, 15) is 9.90 Å². The molecule has 0 aromatic carbocycles. The van der Waals surface area contributed by atoms with Gasteiger partial charge in [-0.25, -0.2) is 9.67 Å². The second kappa shape index (κ2) is 4.42. The fourth-order valence-electron chi connectivity index (χ4n) is 1.82. The molecule has 0 saturated carbocycles. The van der Waals surface area contributed by atoms with E-state index in [1.165, 1.54) is 4.68 Å². The molecule has 2 rings (SSSR count). The van der Waals surface area contributed by atoms with Gasteiger partial charge >= 0.3 is 0 Å². The number of nitrogens with zero attached hydrogens (tertiary/aromatic N) is 3. The monoisotopic (exact) mass is 265 g/mol. The molecule has 0 saturated heterocycles. The van der Waals surface area contributed by atoms with Gasteiger partial charge in [0, 0.05) is 12.6 Å². The fourth-order valence-corrected chi connectivity index (χ4v) is 2.01. The molecule has 5 nitrogen and oxygen atoms in total. The molecular formula is C12H12ClN3O2. The molecule has 0 spiro atoms. The van der Waals surface area contributed by atoms with E-state index in [4.69, 9.17) is 11.6 Å². The molecule has 2 aromatic rings. The zero-order valence-electron chi connectivity index (χ0n) is 10.2. The second-order valence-electron chi connectivity index (χ2n) is 4.00. The number of carbonyl (C=O) groups is 1. The molecule has 0 bridgehead atoms.